The highest BCUT2D eigenvalue weighted by Crippen LogP contribution is 2.19. The van der Waals surface area contributed by atoms with Crippen molar-refractivity contribution in [1.82, 2.24) is 4.98 Å². The van der Waals surface area contributed by atoms with Gasteiger partial charge in [0.2, 0.25) is 0 Å². The monoisotopic (exact) mass is 274 g/mol. The number of aliphatic hydroxyl groups excluding tert-OH is 1. The first-order valence-corrected chi connectivity index (χ1v) is 6.54. The molecule has 1 aromatic carbocycles. The number of fused-ring (bicyclic) bond motifs is 1. The number of aromatic carboxylic acids is 1. The Kier molecular flexibility index (Phi) is 4.20. The fourth-order valence-corrected chi connectivity index (χ4v) is 1.88. The average Bonchev–Trinajstić information content (AvgIpc) is 2.43. The molecule has 3 N–H and O–H groups in total. The van der Waals surface area contributed by atoms with Crippen LogP contribution in [0.2, 0.25) is 0 Å². The second-order valence-corrected chi connectivity index (χ2v) is 5.07. The van der Waals surface area contributed by atoms with Crippen molar-refractivity contribution in [3.8, 4) is 0 Å². The zero-order chi connectivity index (χ0) is 14.7. The molecule has 0 saturated heterocycles. The Bertz CT molecular complexity index is 626. The molecule has 0 radical (unpaired) electrons. The summed E-state index contributed by atoms with van der Waals surface area (Å²) in [5.41, 5.74) is 0.859. The van der Waals surface area contributed by atoms with Crippen LogP contribution in [0, 0.1) is 5.92 Å². The van der Waals surface area contributed by atoms with E-state index in [0.29, 0.717) is 23.3 Å². The summed E-state index contributed by atoms with van der Waals surface area (Å²) in [7, 11) is 0. The molecule has 2 rings (SSSR count). The second-order valence-electron chi connectivity index (χ2n) is 5.07. The van der Waals surface area contributed by atoms with Crippen LogP contribution in [-0.4, -0.2) is 33.8 Å². The van der Waals surface area contributed by atoms with E-state index in [-0.39, 0.29) is 11.5 Å². The molecule has 1 atom stereocenters. The van der Waals surface area contributed by atoms with E-state index in [1.54, 1.807) is 30.3 Å². The Morgan fingerprint density at radius 3 is 2.70 bits per heavy atom. The Morgan fingerprint density at radius 2 is 2.05 bits per heavy atom. The van der Waals surface area contributed by atoms with E-state index < -0.39 is 12.1 Å². The number of benzene rings is 1. The molecule has 0 amide bonds. The van der Waals surface area contributed by atoms with Gasteiger partial charge in [-0.25, -0.2) is 9.78 Å². The van der Waals surface area contributed by atoms with Gasteiger partial charge >= 0.3 is 5.97 Å². The standard InChI is InChI=1S/C15H18N2O3/c1-9(2)13(18)8-16-14-7-6-10-11(15(19)20)4-3-5-12(10)17-14/h3-7,9,13,18H,8H2,1-2H3,(H,16,17)(H,19,20). The highest BCUT2D eigenvalue weighted by atomic mass is 16.4. The molecule has 0 saturated carbocycles. The number of aromatic nitrogens is 1. The van der Waals surface area contributed by atoms with E-state index in [0.717, 1.165) is 0 Å². The summed E-state index contributed by atoms with van der Waals surface area (Å²) in [6.45, 7) is 4.30. The molecule has 1 unspecified atom stereocenters. The summed E-state index contributed by atoms with van der Waals surface area (Å²) in [4.78, 5) is 15.5. The number of carboxylic acid groups (broad SMARTS) is 1. The van der Waals surface area contributed by atoms with E-state index in [4.69, 9.17) is 5.11 Å². The Balaban J connectivity index is 2.24. The van der Waals surface area contributed by atoms with Gasteiger partial charge in [0.05, 0.1) is 17.2 Å². The first kappa shape index (κ1) is 14.3. The molecular formula is C15H18N2O3. The molecule has 0 bridgehead atoms. The lowest BCUT2D eigenvalue weighted by Gasteiger charge is -2.15. The molecule has 20 heavy (non-hydrogen) atoms. The lowest BCUT2D eigenvalue weighted by atomic mass is 10.1. The Labute approximate surface area is 117 Å². The summed E-state index contributed by atoms with van der Waals surface area (Å²) >= 11 is 0. The van der Waals surface area contributed by atoms with Crippen molar-refractivity contribution in [3.05, 3.63) is 35.9 Å². The highest BCUT2D eigenvalue weighted by Gasteiger charge is 2.11. The number of nitrogens with zero attached hydrogens (tertiary/aromatic N) is 1. The predicted octanol–water partition coefficient (Wildman–Crippen LogP) is 2.36. The SMILES string of the molecule is CC(C)C(O)CNc1ccc2c(C(=O)O)cccc2n1. The minimum absolute atomic E-state index is 0.168. The molecule has 0 aliphatic heterocycles. The van der Waals surface area contributed by atoms with Gasteiger partial charge in [-0.3, -0.25) is 0 Å². The number of hydrogen-bond acceptors (Lipinski definition) is 4. The molecule has 5 nitrogen and oxygen atoms in total. The van der Waals surface area contributed by atoms with Crippen molar-refractivity contribution in [2.75, 3.05) is 11.9 Å². The molecule has 0 aliphatic rings. The molecule has 106 valence electrons. The summed E-state index contributed by atoms with van der Waals surface area (Å²) < 4.78 is 0. The highest BCUT2D eigenvalue weighted by molar-refractivity contribution is 6.02. The van der Waals surface area contributed by atoms with Gasteiger partial charge in [0.15, 0.2) is 0 Å². The zero-order valence-electron chi connectivity index (χ0n) is 11.5. The number of aliphatic hydroxyl groups is 1. The van der Waals surface area contributed by atoms with Crippen LogP contribution in [0.25, 0.3) is 10.9 Å². The minimum Gasteiger partial charge on any atom is -0.478 e. The largest absolute Gasteiger partial charge is 0.478 e. The molecule has 0 aliphatic carbocycles. The molecule has 0 fully saturated rings. The second kappa shape index (κ2) is 5.88. The maximum atomic E-state index is 11.1. The van der Waals surface area contributed by atoms with Gasteiger partial charge in [0.1, 0.15) is 5.82 Å². The van der Waals surface area contributed by atoms with Crippen LogP contribution >= 0.6 is 0 Å². The third-order valence-electron chi connectivity index (χ3n) is 3.22. The van der Waals surface area contributed by atoms with Crippen molar-refractivity contribution in [2.24, 2.45) is 5.92 Å². The Hall–Kier alpha value is -2.14. The van der Waals surface area contributed by atoms with E-state index in [1.807, 2.05) is 13.8 Å². The number of pyridine rings is 1. The fraction of sp³-hybridized carbons (Fsp3) is 0.333. The number of rotatable bonds is 5. The summed E-state index contributed by atoms with van der Waals surface area (Å²) in [5.74, 6) is -0.172. The van der Waals surface area contributed by atoms with Crippen LogP contribution in [0.1, 0.15) is 24.2 Å². The number of anilines is 1. The van der Waals surface area contributed by atoms with Crippen molar-refractivity contribution >= 4 is 22.7 Å². The summed E-state index contributed by atoms with van der Waals surface area (Å²) in [6, 6.07) is 8.46. The van der Waals surface area contributed by atoms with Gasteiger partial charge in [-0.05, 0) is 30.2 Å². The molecule has 1 heterocycles. The van der Waals surface area contributed by atoms with Crippen molar-refractivity contribution in [3.63, 3.8) is 0 Å². The third kappa shape index (κ3) is 3.05. The maximum Gasteiger partial charge on any atom is 0.336 e. The normalized spacial score (nSPS) is 12.6. The number of nitrogens with one attached hydrogen (secondary N) is 1. The fourth-order valence-electron chi connectivity index (χ4n) is 1.88. The average molecular weight is 274 g/mol. The van der Waals surface area contributed by atoms with Crippen LogP contribution in [0.15, 0.2) is 30.3 Å². The number of hydrogen-bond donors (Lipinski definition) is 3. The van der Waals surface area contributed by atoms with Gasteiger partial charge < -0.3 is 15.5 Å². The van der Waals surface area contributed by atoms with Crippen molar-refractivity contribution in [1.29, 1.82) is 0 Å². The molecule has 1 aromatic heterocycles. The van der Waals surface area contributed by atoms with Gasteiger partial charge in [0, 0.05) is 11.9 Å². The van der Waals surface area contributed by atoms with E-state index >= 15 is 0 Å². The summed E-state index contributed by atoms with van der Waals surface area (Å²) in [5, 5.41) is 22.5. The van der Waals surface area contributed by atoms with Crippen LogP contribution in [0.3, 0.4) is 0 Å². The van der Waals surface area contributed by atoms with Crippen LogP contribution in [0.4, 0.5) is 5.82 Å². The van der Waals surface area contributed by atoms with Gasteiger partial charge in [-0.1, -0.05) is 19.9 Å². The number of carboxylic acids is 1. The lowest BCUT2D eigenvalue weighted by molar-refractivity contribution is 0.0699. The Morgan fingerprint density at radius 1 is 1.30 bits per heavy atom. The maximum absolute atomic E-state index is 11.1. The van der Waals surface area contributed by atoms with Crippen LogP contribution in [-0.2, 0) is 0 Å². The van der Waals surface area contributed by atoms with Gasteiger partial charge in [0.25, 0.3) is 0 Å². The lowest BCUT2D eigenvalue weighted by Crippen LogP contribution is -2.25. The number of carbonyl (C=O) groups is 1. The summed E-state index contributed by atoms with van der Waals surface area (Å²) in [6.07, 6.45) is -0.446. The van der Waals surface area contributed by atoms with E-state index in [1.165, 1.54) is 0 Å². The van der Waals surface area contributed by atoms with Crippen LogP contribution < -0.4 is 5.32 Å². The zero-order valence-corrected chi connectivity index (χ0v) is 11.5. The van der Waals surface area contributed by atoms with Crippen LogP contribution in [0.5, 0.6) is 0 Å². The molecular weight excluding hydrogens is 256 g/mol. The quantitative estimate of drug-likeness (QED) is 0.779. The molecule has 2 aromatic rings. The van der Waals surface area contributed by atoms with E-state index in [2.05, 4.69) is 10.3 Å². The predicted molar refractivity (Wildman–Crippen MR) is 78.0 cm³/mol. The van der Waals surface area contributed by atoms with Crippen molar-refractivity contribution in [2.45, 2.75) is 20.0 Å². The van der Waals surface area contributed by atoms with Gasteiger partial charge in [-0.2, -0.15) is 0 Å². The molecule has 0 spiro atoms. The van der Waals surface area contributed by atoms with E-state index in [9.17, 15) is 9.90 Å². The smallest absolute Gasteiger partial charge is 0.336 e. The molecule has 5 heteroatoms. The minimum atomic E-state index is -0.965. The van der Waals surface area contributed by atoms with Gasteiger partial charge in [-0.15, -0.1) is 0 Å². The first-order valence-electron chi connectivity index (χ1n) is 6.54. The topological polar surface area (TPSA) is 82.5 Å². The van der Waals surface area contributed by atoms with Crippen molar-refractivity contribution < 1.29 is 15.0 Å². The third-order valence-corrected chi connectivity index (χ3v) is 3.22. The first-order chi connectivity index (χ1) is 9.49.